The van der Waals surface area contributed by atoms with E-state index in [-0.39, 0.29) is 64.7 Å². The number of aromatic nitrogens is 5. The minimum atomic E-state index is -1.51. The van der Waals surface area contributed by atoms with Crippen molar-refractivity contribution in [1.29, 1.82) is 0 Å². The Hall–Kier alpha value is -7.39. The number of rotatable bonds is 10. The fourth-order valence-electron chi connectivity index (χ4n) is 8.10. The number of ether oxygens (including phenoxy) is 1. The van der Waals surface area contributed by atoms with Crippen LogP contribution in [0.4, 0.5) is 26.7 Å². The van der Waals surface area contributed by atoms with Gasteiger partial charge in [-0.05, 0) is 83.4 Å². The molecule has 0 aliphatic carbocycles. The molecule has 5 heterocycles. The molecule has 3 aliphatic heterocycles. The zero-order valence-electron chi connectivity index (χ0n) is 33.4. The summed E-state index contributed by atoms with van der Waals surface area (Å²) in [7, 11) is 0. The van der Waals surface area contributed by atoms with E-state index in [1.54, 1.807) is 41.3 Å². The average Bonchev–Trinajstić information content (AvgIpc) is 3.97. The van der Waals surface area contributed by atoms with Crippen molar-refractivity contribution < 1.29 is 48.5 Å². The number of carbonyl (C=O) groups excluding carboxylic acids is 5. The summed E-state index contributed by atoms with van der Waals surface area (Å²) in [6, 6.07) is 15.1. The van der Waals surface area contributed by atoms with Crippen molar-refractivity contribution in [2.24, 2.45) is 5.92 Å². The number of fused-ring (bicyclic) bond motifs is 1. The highest BCUT2D eigenvalue weighted by molar-refractivity contribution is 6.41. The number of aromatic carboxylic acids is 1. The summed E-state index contributed by atoms with van der Waals surface area (Å²) in [6.07, 6.45) is 0.841. The van der Waals surface area contributed by atoms with Gasteiger partial charge in [0.15, 0.2) is 0 Å². The topological polar surface area (TPSA) is 255 Å². The minimum Gasteiger partial charge on any atom is -0.477 e. The number of likely N-dealkylation sites (tertiary alicyclic amines) is 1. The van der Waals surface area contributed by atoms with Gasteiger partial charge < -0.3 is 45.2 Å². The summed E-state index contributed by atoms with van der Waals surface area (Å²) >= 11 is 6.32. The lowest BCUT2D eigenvalue weighted by Gasteiger charge is -2.38. The highest BCUT2D eigenvalue weighted by atomic mass is 35.5. The molecule has 1 atom stereocenters. The fraction of sp³-hybridized carbons (Fsp3) is 0.317. The van der Waals surface area contributed by atoms with Gasteiger partial charge in [0.1, 0.15) is 18.1 Å². The smallest absolute Gasteiger partial charge is 0.416 e. The van der Waals surface area contributed by atoms with E-state index in [2.05, 4.69) is 26.2 Å². The van der Waals surface area contributed by atoms with Gasteiger partial charge in [-0.1, -0.05) is 23.7 Å². The molecule has 0 bridgehead atoms. The Kier molecular flexibility index (Phi) is 12.0. The average molecular weight is 882 g/mol. The number of nitrogens with one attached hydrogen (secondary N) is 2. The minimum absolute atomic E-state index is 0.0416. The third-order valence-corrected chi connectivity index (χ3v) is 11.6. The van der Waals surface area contributed by atoms with E-state index < -0.39 is 41.5 Å². The zero-order valence-corrected chi connectivity index (χ0v) is 34.2. The highest BCUT2D eigenvalue weighted by Gasteiger charge is 2.41. The number of carboxylic acid groups (broad SMARTS) is 2. The molecular weight excluding hydrogens is 842 g/mol. The van der Waals surface area contributed by atoms with Gasteiger partial charge in [0, 0.05) is 73.4 Å². The molecule has 1 unspecified atom stereocenters. The number of carboxylic acids is 1. The van der Waals surface area contributed by atoms with Gasteiger partial charge in [0.2, 0.25) is 11.8 Å². The predicted octanol–water partition coefficient (Wildman–Crippen LogP) is 3.02. The maximum absolute atomic E-state index is 14.3. The summed E-state index contributed by atoms with van der Waals surface area (Å²) < 4.78 is 7.29. The van der Waals surface area contributed by atoms with Gasteiger partial charge in [-0.15, -0.1) is 5.10 Å². The van der Waals surface area contributed by atoms with Crippen LogP contribution in [0.2, 0.25) is 5.02 Å². The summed E-state index contributed by atoms with van der Waals surface area (Å²) in [4.78, 5) is 98.1. The van der Waals surface area contributed by atoms with Crippen molar-refractivity contribution in [2.45, 2.75) is 25.3 Å². The molecule has 6 amide bonds. The number of nitrogens with zero attached hydrogens (tertiary/aromatic N) is 9. The number of halogens is 1. The normalized spacial score (nSPS) is 16.6. The zero-order chi connectivity index (χ0) is 44.4. The van der Waals surface area contributed by atoms with Crippen LogP contribution in [0.3, 0.4) is 0 Å². The van der Waals surface area contributed by atoms with Crippen LogP contribution in [0.15, 0.2) is 73.1 Å². The Morgan fingerprint density at radius 1 is 0.794 bits per heavy atom. The van der Waals surface area contributed by atoms with E-state index in [9.17, 15) is 43.8 Å². The summed E-state index contributed by atoms with van der Waals surface area (Å²) in [5.41, 5.74) is 1.44. The monoisotopic (exact) mass is 881 g/mol. The lowest BCUT2D eigenvalue weighted by Crippen LogP contribution is -2.60. The molecule has 22 heteroatoms. The molecule has 21 nitrogen and oxygen atoms in total. The van der Waals surface area contributed by atoms with Crippen LogP contribution in [0.25, 0.3) is 16.6 Å². The molecule has 5 aromatic rings. The molecule has 8 rings (SSSR count). The number of anilines is 3. The van der Waals surface area contributed by atoms with E-state index in [4.69, 9.17) is 16.3 Å². The van der Waals surface area contributed by atoms with E-state index in [0.29, 0.717) is 73.7 Å². The second-order valence-electron chi connectivity index (χ2n) is 15.1. The number of hydrogen-bond acceptors (Lipinski definition) is 11. The van der Waals surface area contributed by atoms with Crippen molar-refractivity contribution in [1.82, 2.24) is 39.5 Å². The molecule has 0 spiro atoms. The quantitative estimate of drug-likeness (QED) is 0.147. The Labute approximate surface area is 362 Å². The summed E-state index contributed by atoms with van der Waals surface area (Å²) in [6.45, 7) is 2.88. The Morgan fingerprint density at radius 2 is 1.52 bits per heavy atom. The van der Waals surface area contributed by atoms with Crippen molar-refractivity contribution in [3.8, 4) is 5.69 Å². The van der Waals surface area contributed by atoms with Gasteiger partial charge >= 0.3 is 29.9 Å². The van der Waals surface area contributed by atoms with Crippen LogP contribution in [0.5, 0.6) is 0 Å². The number of tetrazole rings is 1. The first kappa shape index (κ1) is 42.3. The van der Waals surface area contributed by atoms with Crippen molar-refractivity contribution in [3.05, 3.63) is 89.3 Å². The summed E-state index contributed by atoms with van der Waals surface area (Å²) in [5, 5.41) is 36.6. The number of piperazine rings is 1. The SMILES string of the molecule is O=C(O)c1cc2cc(NC(=O)C(Cc3ccc(NC(=O)N4CCC(C(=O)N5CCOCC5)CC4)cc3)N3CCN(c4cc(Cl)ccc4-n4cnnn4)C(=O)C3=O)ccc2n1C(=O)O. The number of hydrogen-bond donors (Lipinski definition) is 4. The molecule has 0 saturated carbocycles. The maximum atomic E-state index is 14.3. The van der Waals surface area contributed by atoms with Crippen LogP contribution in [0.1, 0.15) is 28.9 Å². The lowest BCUT2D eigenvalue weighted by molar-refractivity contribution is -0.149. The Morgan fingerprint density at radius 3 is 2.21 bits per heavy atom. The number of morpholine rings is 1. The van der Waals surface area contributed by atoms with Crippen LogP contribution in [-0.4, -0.2) is 150 Å². The second kappa shape index (κ2) is 17.9. The standard InChI is InChI=1S/C41H40ClN11O10/c42-27-3-7-31(52-23-43-46-47-52)32(22-27)50-13-14-51(38(57)37(50)56)33(35(54)44-29-6-8-30-26(20-29)21-34(39(58)59)53(30)41(61)62)19-24-1-4-28(5-2-24)45-40(60)49-11-9-25(10-12-49)36(55)48-15-17-63-18-16-48/h1-8,20-23,25,33H,9-19H2,(H,44,54)(H,45,60)(H,58,59)(H,61,62). The number of amides is 6. The van der Waals surface area contributed by atoms with Crippen molar-refractivity contribution in [2.75, 3.05) is 68.0 Å². The molecule has 3 saturated heterocycles. The lowest BCUT2D eigenvalue weighted by atomic mass is 9.95. The third kappa shape index (κ3) is 8.86. The first-order valence-corrected chi connectivity index (χ1v) is 20.3. The second-order valence-corrected chi connectivity index (χ2v) is 15.5. The first-order valence-electron chi connectivity index (χ1n) is 20.0. The third-order valence-electron chi connectivity index (χ3n) is 11.3. The van der Waals surface area contributed by atoms with Gasteiger partial charge in [-0.3, -0.25) is 19.2 Å². The van der Waals surface area contributed by atoms with Gasteiger partial charge in [-0.2, -0.15) is 4.68 Å². The van der Waals surface area contributed by atoms with Crippen molar-refractivity contribution in [3.63, 3.8) is 0 Å². The number of carbonyl (C=O) groups is 7. The largest absolute Gasteiger partial charge is 0.477 e. The number of benzene rings is 3. The number of urea groups is 1. The maximum Gasteiger partial charge on any atom is 0.416 e. The molecular formula is C41H40ClN11O10. The Bertz CT molecular complexity index is 2600. The van der Waals surface area contributed by atoms with Crippen LogP contribution in [-0.2, 0) is 30.3 Å². The van der Waals surface area contributed by atoms with E-state index in [0.717, 1.165) is 6.07 Å². The van der Waals surface area contributed by atoms with Crippen molar-refractivity contribution >= 4 is 81.3 Å². The first-order chi connectivity index (χ1) is 30.4. The van der Waals surface area contributed by atoms with Crippen LogP contribution < -0.4 is 15.5 Å². The molecule has 3 aromatic carbocycles. The van der Waals surface area contributed by atoms with Crippen LogP contribution in [0, 0.1) is 5.92 Å². The highest BCUT2D eigenvalue weighted by Crippen LogP contribution is 2.31. The van der Waals surface area contributed by atoms with E-state index >= 15 is 0 Å². The van der Waals surface area contributed by atoms with E-state index in [1.807, 2.05) is 4.90 Å². The molecule has 63 heavy (non-hydrogen) atoms. The van der Waals surface area contributed by atoms with Gasteiger partial charge in [0.05, 0.1) is 30.1 Å². The molecule has 326 valence electrons. The molecule has 2 aromatic heterocycles. The fourth-order valence-corrected chi connectivity index (χ4v) is 8.27. The van der Waals surface area contributed by atoms with Gasteiger partial charge in [0.25, 0.3) is 0 Å². The van der Waals surface area contributed by atoms with Gasteiger partial charge in [-0.25, -0.2) is 19.0 Å². The van der Waals surface area contributed by atoms with Crippen LogP contribution >= 0.6 is 11.6 Å². The molecule has 0 radical (unpaired) electrons. The Balaban J connectivity index is 0.998. The van der Waals surface area contributed by atoms with E-state index in [1.165, 1.54) is 45.1 Å². The summed E-state index contributed by atoms with van der Waals surface area (Å²) in [5.74, 6) is -4.14. The molecule has 3 aliphatic rings. The molecule has 4 N–H and O–H groups in total. The predicted molar refractivity (Wildman–Crippen MR) is 224 cm³/mol. The molecule has 3 fully saturated rings. The number of piperidine rings is 1.